The summed E-state index contributed by atoms with van der Waals surface area (Å²) in [4.78, 5) is 4.23. The lowest BCUT2D eigenvalue weighted by molar-refractivity contribution is 0.950. The minimum atomic E-state index is 0.909. The van der Waals surface area contributed by atoms with Crippen LogP contribution >= 0.6 is 0 Å². The molecule has 0 spiro atoms. The van der Waals surface area contributed by atoms with Crippen molar-refractivity contribution >= 4 is 6.08 Å². The quantitative estimate of drug-likeness (QED) is 0.480. The van der Waals surface area contributed by atoms with Gasteiger partial charge in [0.25, 0.3) is 0 Å². The molecule has 0 aromatic carbocycles. The number of rotatable bonds is 0. The first-order chi connectivity index (χ1) is 4.47. The second kappa shape index (κ2) is 1.69. The highest BCUT2D eigenvalue weighted by Gasteiger charge is 1.92. The fourth-order valence-electron chi connectivity index (χ4n) is 0.960. The molecule has 0 radical (unpaired) electrons. The van der Waals surface area contributed by atoms with Crippen LogP contribution in [0.2, 0.25) is 0 Å². The van der Waals surface area contributed by atoms with Crippen LogP contribution in [-0.2, 0) is 0 Å². The smallest absolute Gasteiger partial charge is 0.102 e. The first-order valence-electron chi connectivity index (χ1n) is 3.01. The van der Waals surface area contributed by atoms with Crippen molar-refractivity contribution in [3.63, 3.8) is 0 Å². The molecule has 2 rings (SSSR count). The number of nitrogens with zero attached hydrogens (tertiary/aromatic N) is 2. The van der Waals surface area contributed by atoms with E-state index in [9.17, 15) is 0 Å². The zero-order valence-corrected chi connectivity index (χ0v) is 4.96. The average molecular weight is 121 g/mol. The Morgan fingerprint density at radius 2 is 2.56 bits per heavy atom. The highest BCUT2D eigenvalue weighted by molar-refractivity contribution is 5.19. The van der Waals surface area contributed by atoms with Crippen LogP contribution in [0.1, 0.15) is 6.42 Å². The van der Waals surface area contributed by atoms with Gasteiger partial charge in [0.2, 0.25) is 0 Å². The number of hydrogen-bond donors (Lipinski definition) is 1. The third-order valence-corrected chi connectivity index (χ3v) is 1.41. The Balaban J connectivity index is 2.89. The molecule has 0 saturated carbocycles. The van der Waals surface area contributed by atoms with Crippen molar-refractivity contribution in [2.45, 2.75) is 6.42 Å². The molecule has 0 unspecified atom stereocenters. The third kappa shape index (κ3) is 0.650. The van der Waals surface area contributed by atoms with Gasteiger partial charge in [0.15, 0.2) is 0 Å². The number of aromatic nitrogens is 2. The molecule has 1 aliphatic heterocycles. The van der Waals surface area contributed by atoms with E-state index in [1.165, 1.54) is 0 Å². The minimum Gasteiger partial charge on any atom is -0.281 e. The van der Waals surface area contributed by atoms with Crippen LogP contribution in [0.3, 0.4) is 0 Å². The monoisotopic (exact) mass is 121 g/mol. The highest BCUT2D eigenvalue weighted by Crippen LogP contribution is 1.82. The van der Waals surface area contributed by atoms with Gasteiger partial charge in [-0.3, -0.25) is 10.1 Å². The molecule has 0 aliphatic carbocycles. The maximum Gasteiger partial charge on any atom is 0.102 e. The van der Waals surface area contributed by atoms with Gasteiger partial charge >= 0.3 is 0 Å². The zero-order valence-electron chi connectivity index (χ0n) is 4.96. The molecular weight excluding hydrogens is 114 g/mol. The van der Waals surface area contributed by atoms with E-state index in [-0.39, 0.29) is 0 Å². The molecule has 1 N–H and O–H groups in total. The predicted octanol–water partition coefficient (Wildman–Crippen LogP) is -0.787. The van der Waals surface area contributed by atoms with Gasteiger partial charge < -0.3 is 0 Å². The summed E-state index contributed by atoms with van der Waals surface area (Å²) >= 11 is 0. The van der Waals surface area contributed by atoms with Crippen LogP contribution in [0.15, 0.2) is 11.2 Å². The van der Waals surface area contributed by atoms with Gasteiger partial charge in [0, 0.05) is 6.54 Å². The SMILES string of the molecule is C1=c2[nH]ncc2=NCC1. The van der Waals surface area contributed by atoms with Crippen LogP contribution in [0, 0.1) is 0 Å². The molecule has 3 heteroatoms. The van der Waals surface area contributed by atoms with Crippen molar-refractivity contribution < 1.29 is 0 Å². The summed E-state index contributed by atoms with van der Waals surface area (Å²) in [6.45, 7) is 0.909. The van der Waals surface area contributed by atoms with Gasteiger partial charge in [-0.2, -0.15) is 5.10 Å². The van der Waals surface area contributed by atoms with E-state index in [0.717, 1.165) is 23.7 Å². The molecule has 0 saturated heterocycles. The van der Waals surface area contributed by atoms with Crippen LogP contribution in [0.4, 0.5) is 0 Å². The molecule has 1 aliphatic rings. The maximum atomic E-state index is 4.23. The van der Waals surface area contributed by atoms with Gasteiger partial charge in [-0.1, -0.05) is 6.08 Å². The fourth-order valence-corrected chi connectivity index (χ4v) is 0.960. The second-order valence-corrected chi connectivity index (χ2v) is 2.04. The van der Waals surface area contributed by atoms with Crippen molar-refractivity contribution in [3.05, 3.63) is 16.9 Å². The van der Waals surface area contributed by atoms with E-state index in [1.54, 1.807) is 6.20 Å². The van der Waals surface area contributed by atoms with Gasteiger partial charge in [0.1, 0.15) is 5.36 Å². The summed E-state index contributed by atoms with van der Waals surface area (Å²) in [6, 6.07) is 0. The van der Waals surface area contributed by atoms with Gasteiger partial charge in [-0.15, -0.1) is 0 Å². The lowest BCUT2D eigenvalue weighted by Gasteiger charge is -1.90. The fraction of sp³-hybridized carbons (Fsp3) is 0.333. The Labute approximate surface area is 52.1 Å². The number of H-pyrrole nitrogens is 1. The summed E-state index contributed by atoms with van der Waals surface area (Å²) in [5, 5.41) is 8.78. The molecule has 9 heavy (non-hydrogen) atoms. The standard InChI is InChI=1S/C6H7N3/c1-2-5-6(7-3-1)4-8-9-5/h2,4,9H,1,3H2. The molecule has 0 amide bonds. The Kier molecular flexibility index (Phi) is 0.886. The highest BCUT2D eigenvalue weighted by atomic mass is 15.1. The summed E-state index contributed by atoms with van der Waals surface area (Å²) in [5.74, 6) is 0. The number of nitrogens with one attached hydrogen (secondary N) is 1. The predicted molar refractivity (Wildman–Crippen MR) is 33.3 cm³/mol. The second-order valence-electron chi connectivity index (χ2n) is 2.04. The zero-order chi connectivity index (χ0) is 6.10. The van der Waals surface area contributed by atoms with E-state index in [1.807, 2.05) is 0 Å². The minimum absolute atomic E-state index is 0.909. The summed E-state index contributed by atoms with van der Waals surface area (Å²) in [6.07, 6.45) is 4.91. The normalized spacial score (nSPS) is 15.6. The molecule has 0 fully saturated rings. The Morgan fingerprint density at radius 3 is 3.44 bits per heavy atom. The lowest BCUT2D eigenvalue weighted by atomic mass is 10.3. The number of hydrogen-bond acceptors (Lipinski definition) is 2. The first kappa shape index (κ1) is 4.73. The Morgan fingerprint density at radius 1 is 1.56 bits per heavy atom. The van der Waals surface area contributed by atoms with Crippen molar-refractivity contribution in [2.24, 2.45) is 4.99 Å². The van der Waals surface area contributed by atoms with Crippen LogP contribution in [0.25, 0.3) is 6.08 Å². The third-order valence-electron chi connectivity index (χ3n) is 1.41. The van der Waals surface area contributed by atoms with E-state index >= 15 is 0 Å². The van der Waals surface area contributed by atoms with E-state index in [4.69, 9.17) is 0 Å². The van der Waals surface area contributed by atoms with Gasteiger partial charge in [-0.25, -0.2) is 0 Å². The van der Waals surface area contributed by atoms with Crippen LogP contribution in [0.5, 0.6) is 0 Å². The molecule has 1 aromatic rings. The van der Waals surface area contributed by atoms with Crippen LogP contribution < -0.4 is 10.7 Å². The van der Waals surface area contributed by atoms with Crippen molar-refractivity contribution in [2.75, 3.05) is 6.54 Å². The Bertz CT molecular complexity index is 279. The molecule has 2 heterocycles. The van der Waals surface area contributed by atoms with Crippen molar-refractivity contribution in [1.29, 1.82) is 0 Å². The van der Waals surface area contributed by atoms with Crippen LogP contribution in [-0.4, -0.2) is 16.7 Å². The van der Waals surface area contributed by atoms with E-state index in [0.29, 0.717) is 0 Å². The average Bonchev–Trinajstić information content (AvgIpc) is 2.33. The first-order valence-corrected chi connectivity index (χ1v) is 3.01. The van der Waals surface area contributed by atoms with E-state index in [2.05, 4.69) is 21.3 Å². The molecule has 0 bridgehead atoms. The summed E-state index contributed by atoms with van der Waals surface area (Å²) in [7, 11) is 0. The topological polar surface area (TPSA) is 41.0 Å². The summed E-state index contributed by atoms with van der Waals surface area (Å²) in [5.41, 5.74) is 0. The molecule has 3 nitrogen and oxygen atoms in total. The Hall–Kier alpha value is -1.12. The lowest BCUT2D eigenvalue weighted by Crippen LogP contribution is -2.25. The largest absolute Gasteiger partial charge is 0.281 e. The van der Waals surface area contributed by atoms with Gasteiger partial charge in [-0.05, 0) is 6.42 Å². The summed E-state index contributed by atoms with van der Waals surface area (Å²) < 4.78 is 0. The maximum absolute atomic E-state index is 4.23. The molecule has 46 valence electrons. The molecular formula is C6H7N3. The molecule has 0 atom stereocenters. The molecule has 1 aromatic heterocycles. The van der Waals surface area contributed by atoms with E-state index < -0.39 is 0 Å². The van der Waals surface area contributed by atoms with Crippen molar-refractivity contribution in [1.82, 2.24) is 10.2 Å². The van der Waals surface area contributed by atoms with Crippen molar-refractivity contribution in [3.8, 4) is 0 Å². The number of aromatic amines is 1. The number of fused-ring (bicyclic) bond motifs is 1. The van der Waals surface area contributed by atoms with Gasteiger partial charge in [0.05, 0.1) is 11.5 Å².